The molecule has 0 spiro atoms. The van der Waals surface area contributed by atoms with E-state index in [4.69, 9.17) is 0 Å². The maximum Gasteiger partial charge on any atom is 0.263 e. The number of anilines is 1. The number of nitrogens with zero attached hydrogens (tertiary/aromatic N) is 1. The molecule has 1 aliphatic rings. The zero-order valence-electron chi connectivity index (χ0n) is 10.1. The van der Waals surface area contributed by atoms with Gasteiger partial charge in [0.1, 0.15) is 0 Å². The predicted octanol–water partition coefficient (Wildman–Crippen LogP) is 1.01. The number of carbonyl (C=O) groups is 1. The molecule has 0 aromatic heterocycles. The lowest BCUT2D eigenvalue weighted by Crippen LogP contribution is -2.42. The highest BCUT2D eigenvalue weighted by atomic mass is 16.3. The summed E-state index contributed by atoms with van der Waals surface area (Å²) in [4.78, 5) is 13.8. The molecule has 0 unspecified atom stereocenters. The Kier molecular flexibility index (Phi) is 2.93. The van der Waals surface area contributed by atoms with Crippen LogP contribution in [0.25, 0.3) is 0 Å². The molecule has 2 atom stereocenters. The summed E-state index contributed by atoms with van der Waals surface area (Å²) in [6.07, 6.45) is -0.701. The van der Waals surface area contributed by atoms with Crippen molar-refractivity contribution in [2.75, 3.05) is 11.4 Å². The largest absolute Gasteiger partial charge is 0.393 e. The Morgan fingerprint density at radius 3 is 2.65 bits per heavy atom. The number of likely N-dealkylation sites (N-methyl/N-ethyl adjacent to an activating group) is 1. The predicted molar refractivity (Wildman–Crippen MR) is 64.7 cm³/mol. The second kappa shape index (κ2) is 4.13. The third-order valence-electron chi connectivity index (χ3n) is 3.15. The van der Waals surface area contributed by atoms with E-state index in [1.165, 1.54) is 0 Å². The molecule has 4 nitrogen and oxygen atoms in total. The molecule has 0 bridgehead atoms. The van der Waals surface area contributed by atoms with E-state index >= 15 is 0 Å². The van der Waals surface area contributed by atoms with Crippen LogP contribution in [-0.4, -0.2) is 28.8 Å². The SMILES string of the molecule is CCN1C(=O)[C@](O)(C[C@@H](C)O)c2ccccc21. The summed E-state index contributed by atoms with van der Waals surface area (Å²) in [6.45, 7) is 3.95. The van der Waals surface area contributed by atoms with E-state index in [2.05, 4.69) is 0 Å². The van der Waals surface area contributed by atoms with Crippen LogP contribution in [0.15, 0.2) is 24.3 Å². The van der Waals surface area contributed by atoms with Crippen molar-refractivity contribution in [1.29, 1.82) is 0 Å². The van der Waals surface area contributed by atoms with E-state index in [0.717, 1.165) is 5.69 Å². The molecular weight excluding hydrogens is 218 g/mol. The van der Waals surface area contributed by atoms with Gasteiger partial charge in [0.25, 0.3) is 5.91 Å². The van der Waals surface area contributed by atoms with Gasteiger partial charge in [-0.05, 0) is 19.9 Å². The second-order valence-corrected chi connectivity index (χ2v) is 4.48. The van der Waals surface area contributed by atoms with Crippen LogP contribution in [0.1, 0.15) is 25.8 Å². The summed E-state index contributed by atoms with van der Waals surface area (Å²) < 4.78 is 0. The van der Waals surface area contributed by atoms with Gasteiger partial charge in [-0.25, -0.2) is 0 Å². The summed E-state index contributed by atoms with van der Waals surface area (Å²) in [5.74, 6) is -0.345. The number of carbonyl (C=O) groups excluding carboxylic acids is 1. The molecular formula is C13H17NO3. The molecule has 1 aliphatic heterocycles. The first-order valence-electron chi connectivity index (χ1n) is 5.82. The maximum atomic E-state index is 12.2. The second-order valence-electron chi connectivity index (χ2n) is 4.48. The average molecular weight is 235 g/mol. The molecule has 0 radical (unpaired) electrons. The van der Waals surface area contributed by atoms with Gasteiger partial charge in [0, 0.05) is 18.5 Å². The lowest BCUT2D eigenvalue weighted by molar-refractivity contribution is -0.139. The van der Waals surface area contributed by atoms with Gasteiger partial charge >= 0.3 is 0 Å². The van der Waals surface area contributed by atoms with Crippen molar-refractivity contribution < 1.29 is 15.0 Å². The molecule has 1 aromatic carbocycles. The summed E-state index contributed by atoms with van der Waals surface area (Å²) in [5, 5.41) is 20.0. The smallest absolute Gasteiger partial charge is 0.263 e. The average Bonchev–Trinajstić information content (AvgIpc) is 2.48. The Balaban J connectivity index is 2.52. The van der Waals surface area contributed by atoms with Crippen LogP contribution in [0.2, 0.25) is 0 Å². The molecule has 0 fully saturated rings. The van der Waals surface area contributed by atoms with E-state index in [0.29, 0.717) is 12.1 Å². The molecule has 2 N–H and O–H groups in total. The quantitative estimate of drug-likeness (QED) is 0.822. The van der Waals surface area contributed by atoms with Crippen molar-refractivity contribution in [3.05, 3.63) is 29.8 Å². The number of para-hydroxylation sites is 1. The zero-order valence-corrected chi connectivity index (χ0v) is 10.1. The molecule has 4 heteroatoms. The van der Waals surface area contributed by atoms with Gasteiger partial charge in [-0.3, -0.25) is 4.79 Å². The fourth-order valence-electron chi connectivity index (χ4n) is 2.45. The number of benzene rings is 1. The van der Waals surface area contributed by atoms with E-state index in [1.54, 1.807) is 24.0 Å². The molecule has 2 rings (SSSR count). The fourth-order valence-corrected chi connectivity index (χ4v) is 2.45. The number of amides is 1. The fraction of sp³-hybridized carbons (Fsp3) is 0.462. The first-order chi connectivity index (χ1) is 8.00. The summed E-state index contributed by atoms with van der Waals surface area (Å²) in [5.41, 5.74) is -0.253. The van der Waals surface area contributed by atoms with Crippen LogP contribution in [0.3, 0.4) is 0 Å². The van der Waals surface area contributed by atoms with Crippen LogP contribution >= 0.6 is 0 Å². The Morgan fingerprint density at radius 2 is 2.06 bits per heavy atom. The van der Waals surface area contributed by atoms with Gasteiger partial charge < -0.3 is 15.1 Å². The molecule has 1 heterocycles. The Labute approximate surface area is 100 Å². The van der Waals surface area contributed by atoms with Gasteiger partial charge in [-0.2, -0.15) is 0 Å². The van der Waals surface area contributed by atoms with Crippen molar-refractivity contribution in [3.8, 4) is 0 Å². The normalized spacial score (nSPS) is 24.9. The van der Waals surface area contributed by atoms with Crippen molar-refractivity contribution in [2.24, 2.45) is 0 Å². The van der Waals surface area contributed by atoms with Gasteiger partial charge in [-0.1, -0.05) is 18.2 Å². The molecule has 92 valence electrons. The summed E-state index contributed by atoms with van der Waals surface area (Å²) in [6, 6.07) is 7.18. The third-order valence-corrected chi connectivity index (χ3v) is 3.15. The van der Waals surface area contributed by atoms with E-state index < -0.39 is 11.7 Å². The van der Waals surface area contributed by atoms with Crippen LogP contribution in [0.4, 0.5) is 5.69 Å². The highest BCUT2D eigenvalue weighted by Gasteiger charge is 2.49. The van der Waals surface area contributed by atoms with Gasteiger partial charge in [0.05, 0.1) is 11.8 Å². The van der Waals surface area contributed by atoms with Crippen molar-refractivity contribution >= 4 is 11.6 Å². The monoisotopic (exact) mass is 235 g/mol. The third kappa shape index (κ3) is 1.73. The zero-order chi connectivity index (χ0) is 12.6. The Hall–Kier alpha value is -1.39. The van der Waals surface area contributed by atoms with Crippen LogP contribution < -0.4 is 4.90 Å². The number of rotatable bonds is 3. The molecule has 1 aromatic rings. The number of fused-ring (bicyclic) bond motifs is 1. The van der Waals surface area contributed by atoms with Gasteiger partial charge in [0.15, 0.2) is 5.60 Å². The summed E-state index contributed by atoms with van der Waals surface area (Å²) >= 11 is 0. The van der Waals surface area contributed by atoms with Crippen molar-refractivity contribution in [1.82, 2.24) is 0 Å². The van der Waals surface area contributed by atoms with Crippen LogP contribution in [0.5, 0.6) is 0 Å². The summed E-state index contributed by atoms with van der Waals surface area (Å²) in [7, 11) is 0. The lowest BCUT2D eigenvalue weighted by Gasteiger charge is -2.23. The molecule has 0 saturated heterocycles. The van der Waals surface area contributed by atoms with Gasteiger partial charge in [-0.15, -0.1) is 0 Å². The highest BCUT2D eigenvalue weighted by Crippen LogP contribution is 2.42. The number of aliphatic hydroxyl groups excluding tert-OH is 1. The van der Waals surface area contributed by atoms with E-state index in [-0.39, 0.29) is 12.3 Å². The molecule has 0 saturated carbocycles. The van der Waals surface area contributed by atoms with Crippen molar-refractivity contribution in [2.45, 2.75) is 32.0 Å². The Bertz CT molecular complexity index is 444. The van der Waals surface area contributed by atoms with Crippen LogP contribution in [-0.2, 0) is 10.4 Å². The molecule has 0 aliphatic carbocycles. The topological polar surface area (TPSA) is 60.8 Å². The van der Waals surface area contributed by atoms with E-state index in [1.807, 2.05) is 19.1 Å². The number of hydrogen-bond acceptors (Lipinski definition) is 3. The lowest BCUT2D eigenvalue weighted by atomic mass is 9.90. The Morgan fingerprint density at radius 1 is 1.41 bits per heavy atom. The number of hydrogen-bond donors (Lipinski definition) is 2. The maximum absolute atomic E-state index is 12.2. The van der Waals surface area contributed by atoms with E-state index in [9.17, 15) is 15.0 Å². The van der Waals surface area contributed by atoms with Crippen molar-refractivity contribution in [3.63, 3.8) is 0 Å². The highest BCUT2D eigenvalue weighted by molar-refractivity contribution is 6.06. The first kappa shape index (κ1) is 12.1. The molecule has 1 amide bonds. The minimum Gasteiger partial charge on any atom is -0.393 e. The van der Waals surface area contributed by atoms with Gasteiger partial charge in [0.2, 0.25) is 0 Å². The minimum absolute atomic E-state index is 0.0271. The standard InChI is InChI=1S/C13H17NO3/c1-3-14-11-7-5-4-6-10(11)13(17,12(14)16)8-9(2)15/h4-7,9,15,17H,3,8H2,1-2H3/t9-,13+/m1/s1. The number of aliphatic hydroxyl groups is 2. The molecule has 17 heavy (non-hydrogen) atoms. The minimum atomic E-state index is -1.58. The van der Waals surface area contributed by atoms with Crippen LogP contribution in [0, 0.1) is 0 Å². The first-order valence-corrected chi connectivity index (χ1v) is 5.82.